The third kappa shape index (κ3) is 4.59. The summed E-state index contributed by atoms with van der Waals surface area (Å²) in [5.41, 5.74) is 11.0. The highest BCUT2D eigenvalue weighted by Gasteiger charge is 2.20. The monoisotopic (exact) mass is 309 g/mol. The van der Waals surface area contributed by atoms with Crippen molar-refractivity contribution in [2.24, 2.45) is 5.11 Å². The second kappa shape index (κ2) is 6.99. The zero-order chi connectivity index (χ0) is 16.9. The van der Waals surface area contributed by atoms with E-state index in [1.165, 1.54) is 0 Å². The summed E-state index contributed by atoms with van der Waals surface area (Å²) in [5.74, 6) is -0.341. The summed E-state index contributed by atoms with van der Waals surface area (Å²) in [6, 6.07) is 14.9. The molecule has 0 fully saturated rings. The van der Waals surface area contributed by atoms with Gasteiger partial charge in [0.05, 0.1) is 12.1 Å². The lowest BCUT2D eigenvalue weighted by molar-refractivity contribution is 0.00705. The Bertz CT molecular complexity index is 740. The van der Waals surface area contributed by atoms with E-state index in [1.807, 2.05) is 63.2 Å². The summed E-state index contributed by atoms with van der Waals surface area (Å²) in [6.07, 6.45) is 0. The molecule has 0 aliphatic heterocycles. The van der Waals surface area contributed by atoms with Gasteiger partial charge in [-0.3, -0.25) is 0 Å². The Labute approximate surface area is 135 Å². The Morgan fingerprint density at radius 3 is 2.39 bits per heavy atom. The van der Waals surface area contributed by atoms with Gasteiger partial charge in [0.1, 0.15) is 5.60 Å². The number of carbonyl (C=O) groups is 1. The van der Waals surface area contributed by atoms with Gasteiger partial charge in [0, 0.05) is 4.91 Å². The van der Waals surface area contributed by atoms with Gasteiger partial charge in [-0.25, -0.2) is 4.79 Å². The Morgan fingerprint density at radius 2 is 1.78 bits per heavy atom. The van der Waals surface area contributed by atoms with Gasteiger partial charge in [0.15, 0.2) is 0 Å². The molecular formula is C18H19N3O2. The first-order chi connectivity index (χ1) is 10.9. The van der Waals surface area contributed by atoms with Crippen LogP contribution in [0.2, 0.25) is 0 Å². The van der Waals surface area contributed by atoms with E-state index < -0.39 is 5.60 Å². The minimum absolute atomic E-state index is 0.310. The minimum Gasteiger partial charge on any atom is -0.456 e. The van der Waals surface area contributed by atoms with Crippen LogP contribution >= 0.6 is 0 Å². The van der Waals surface area contributed by atoms with Crippen molar-refractivity contribution in [1.29, 1.82) is 0 Å². The van der Waals surface area contributed by atoms with Gasteiger partial charge in [-0.05, 0) is 49.1 Å². The first-order valence-corrected chi connectivity index (χ1v) is 7.33. The van der Waals surface area contributed by atoms with Crippen LogP contribution in [0.4, 0.5) is 0 Å². The highest BCUT2D eigenvalue weighted by atomic mass is 16.6. The molecule has 2 rings (SSSR count). The number of carbonyl (C=O) groups excluding carboxylic acids is 1. The van der Waals surface area contributed by atoms with Crippen LogP contribution in [0.5, 0.6) is 0 Å². The van der Waals surface area contributed by atoms with Gasteiger partial charge in [-0.2, -0.15) is 0 Å². The molecule has 0 aliphatic carbocycles. The molecule has 23 heavy (non-hydrogen) atoms. The first-order valence-electron chi connectivity index (χ1n) is 7.33. The Balaban J connectivity index is 2.33. The zero-order valence-corrected chi connectivity index (χ0v) is 13.5. The maximum atomic E-state index is 12.4. The number of nitrogens with zero attached hydrogens (tertiary/aromatic N) is 3. The highest BCUT2D eigenvalue weighted by Crippen LogP contribution is 2.26. The lowest BCUT2D eigenvalue weighted by atomic mass is 9.98. The zero-order valence-electron chi connectivity index (χ0n) is 13.5. The molecule has 2 aromatic rings. The lowest BCUT2D eigenvalue weighted by Crippen LogP contribution is -2.24. The predicted molar refractivity (Wildman–Crippen MR) is 89.9 cm³/mol. The van der Waals surface area contributed by atoms with Crippen LogP contribution in [0.1, 0.15) is 36.7 Å². The molecule has 0 aromatic heterocycles. The molecule has 0 saturated heterocycles. The fourth-order valence-electron chi connectivity index (χ4n) is 2.15. The second-order valence-corrected chi connectivity index (χ2v) is 6.13. The van der Waals surface area contributed by atoms with Gasteiger partial charge >= 0.3 is 5.97 Å². The molecular weight excluding hydrogens is 290 g/mol. The molecule has 0 saturated carbocycles. The van der Waals surface area contributed by atoms with E-state index in [0.717, 1.165) is 16.7 Å². The van der Waals surface area contributed by atoms with Crippen LogP contribution in [0.15, 0.2) is 53.6 Å². The van der Waals surface area contributed by atoms with Gasteiger partial charge < -0.3 is 4.74 Å². The van der Waals surface area contributed by atoms with Crippen molar-refractivity contribution in [3.63, 3.8) is 0 Å². The van der Waals surface area contributed by atoms with E-state index in [0.29, 0.717) is 12.1 Å². The third-order valence-electron chi connectivity index (χ3n) is 3.13. The molecule has 0 spiro atoms. The van der Waals surface area contributed by atoms with Crippen molar-refractivity contribution in [2.75, 3.05) is 0 Å². The molecule has 2 aromatic carbocycles. The van der Waals surface area contributed by atoms with E-state index in [-0.39, 0.29) is 5.97 Å². The van der Waals surface area contributed by atoms with Crippen molar-refractivity contribution in [2.45, 2.75) is 32.9 Å². The molecule has 0 bridgehead atoms. The summed E-state index contributed by atoms with van der Waals surface area (Å²) in [4.78, 5) is 15.1. The van der Waals surface area contributed by atoms with Gasteiger partial charge in [-0.15, -0.1) is 0 Å². The normalized spacial score (nSPS) is 10.7. The average Bonchev–Trinajstić information content (AvgIpc) is 2.52. The highest BCUT2D eigenvalue weighted by molar-refractivity contribution is 5.97. The molecule has 0 aliphatic rings. The third-order valence-corrected chi connectivity index (χ3v) is 3.13. The summed E-state index contributed by atoms with van der Waals surface area (Å²) < 4.78 is 5.47. The molecule has 0 heterocycles. The van der Waals surface area contributed by atoms with Crippen molar-refractivity contribution >= 4 is 5.97 Å². The molecule has 0 atom stereocenters. The number of ether oxygens (including phenoxy) is 1. The van der Waals surface area contributed by atoms with E-state index in [4.69, 9.17) is 10.3 Å². The predicted octanol–water partition coefficient (Wildman–Crippen LogP) is 5.12. The molecule has 0 amide bonds. The fraction of sp³-hybridized carbons (Fsp3) is 0.278. The van der Waals surface area contributed by atoms with Crippen LogP contribution in [0, 0.1) is 0 Å². The van der Waals surface area contributed by atoms with Crippen molar-refractivity contribution in [1.82, 2.24) is 0 Å². The fourth-order valence-corrected chi connectivity index (χ4v) is 2.15. The van der Waals surface area contributed by atoms with Crippen LogP contribution in [0.3, 0.4) is 0 Å². The van der Waals surface area contributed by atoms with E-state index >= 15 is 0 Å². The molecule has 0 unspecified atom stereocenters. The molecule has 5 nitrogen and oxygen atoms in total. The Hall–Kier alpha value is -2.78. The number of benzene rings is 2. The van der Waals surface area contributed by atoms with Crippen molar-refractivity contribution in [3.05, 3.63) is 70.1 Å². The molecule has 0 N–H and O–H groups in total. The largest absolute Gasteiger partial charge is 0.456 e. The number of rotatable bonds is 4. The van der Waals surface area contributed by atoms with Crippen molar-refractivity contribution < 1.29 is 9.53 Å². The topological polar surface area (TPSA) is 75.1 Å². The first kappa shape index (κ1) is 16.6. The van der Waals surface area contributed by atoms with Crippen molar-refractivity contribution in [3.8, 4) is 11.1 Å². The molecule has 5 heteroatoms. The van der Waals surface area contributed by atoms with Crippen LogP contribution in [0.25, 0.3) is 21.6 Å². The van der Waals surface area contributed by atoms with Crippen LogP contribution < -0.4 is 0 Å². The number of hydrogen-bond donors (Lipinski definition) is 0. The van der Waals surface area contributed by atoms with E-state index in [9.17, 15) is 4.79 Å². The maximum absolute atomic E-state index is 12.4. The van der Waals surface area contributed by atoms with E-state index in [2.05, 4.69) is 10.0 Å². The second-order valence-electron chi connectivity index (χ2n) is 6.13. The summed E-state index contributed by atoms with van der Waals surface area (Å²) in [7, 11) is 0. The van der Waals surface area contributed by atoms with Gasteiger partial charge in [0.25, 0.3) is 0 Å². The summed E-state index contributed by atoms with van der Waals surface area (Å²) in [6.45, 7) is 5.85. The number of azide groups is 1. The van der Waals surface area contributed by atoms with Gasteiger partial charge in [-0.1, -0.05) is 47.6 Å². The molecule has 118 valence electrons. The van der Waals surface area contributed by atoms with E-state index in [1.54, 1.807) is 6.07 Å². The molecule has 0 radical (unpaired) electrons. The smallest absolute Gasteiger partial charge is 0.339 e. The number of esters is 1. The summed E-state index contributed by atoms with van der Waals surface area (Å²) in [5, 5.41) is 3.54. The lowest BCUT2D eigenvalue weighted by Gasteiger charge is -2.20. The minimum atomic E-state index is -0.538. The Kier molecular flexibility index (Phi) is 5.04. The average molecular weight is 309 g/mol. The number of hydrogen-bond acceptors (Lipinski definition) is 3. The standard InChI is InChI=1S/C18H19N3O2/c1-18(2,3)23-17(22)16-7-5-4-6-15(16)14-10-8-13(9-11-14)12-20-21-19/h4-11H,12H2,1-3H3. The SMILES string of the molecule is CC(C)(C)OC(=O)c1ccccc1-c1ccc(CN=[N+]=[N-])cc1. The van der Waals surface area contributed by atoms with Crippen LogP contribution in [-0.4, -0.2) is 11.6 Å². The summed E-state index contributed by atoms with van der Waals surface area (Å²) >= 11 is 0. The Morgan fingerprint density at radius 1 is 1.13 bits per heavy atom. The maximum Gasteiger partial charge on any atom is 0.339 e. The quantitative estimate of drug-likeness (QED) is 0.340. The van der Waals surface area contributed by atoms with Crippen LogP contribution in [-0.2, 0) is 11.3 Å². The van der Waals surface area contributed by atoms with Gasteiger partial charge in [0.2, 0.25) is 0 Å².